The number of nitrogen functional groups attached to an aromatic ring is 1. The van der Waals surface area contributed by atoms with Gasteiger partial charge in [0.2, 0.25) is 10.7 Å². The lowest BCUT2D eigenvalue weighted by atomic mass is 10.0. The molecule has 0 saturated carbocycles. The minimum absolute atomic E-state index is 0.184. The van der Waals surface area contributed by atoms with Crippen molar-refractivity contribution in [3.05, 3.63) is 75.8 Å². The van der Waals surface area contributed by atoms with Crippen LogP contribution in [-0.4, -0.2) is 39.9 Å². The second-order valence-electron chi connectivity index (χ2n) is 6.34. The van der Waals surface area contributed by atoms with Crippen LogP contribution in [0.2, 0.25) is 0 Å². The van der Waals surface area contributed by atoms with Gasteiger partial charge in [0.1, 0.15) is 11.6 Å². The van der Waals surface area contributed by atoms with Gasteiger partial charge < -0.3 is 15.2 Å². The van der Waals surface area contributed by atoms with Crippen LogP contribution < -0.4 is 16.0 Å². The summed E-state index contributed by atoms with van der Waals surface area (Å²) in [6.45, 7) is 0.515. The number of para-hydroxylation sites is 1. The molecule has 0 aliphatic heterocycles. The number of methoxy groups -OCH3 is 1. The van der Waals surface area contributed by atoms with Crippen molar-refractivity contribution in [2.45, 2.75) is 4.34 Å². The minimum Gasteiger partial charge on any atom is -0.493 e. The highest BCUT2D eigenvalue weighted by Crippen LogP contribution is 2.26. The first kappa shape index (κ1) is 20.9. The van der Waals surface area contributed by atoms with Crippen LogP contribution >= 0.6 is 23.1 Å². The Bertz CT molecular complexity index is 1280. The molecular weight excluding hydrogens is 436 g/mol. The fourth-order valence-electron chi connectivity index (χ4n) is 2.80. The maximum absolute atomic E-state index is 12.5. The third-order valence-corrected chi connectivity index (χ3v) is 6.30. The van der Waals surface area contributed by atoms with Gasteiger partial charge in [-0.05, 0) is 35.9 Å². The molecule has 0 atom stereocenters. The van der Waals surface area contributed by atoms with Gasteiger partial charge >= 0.3 is 0 Å². The van der Waals surface area contributed by atoms with E-state index in [9.17, 15) is 9.59 Å². The summed E-state index contributed by atoms with van der Waals surface area (Å²) >= 11 is 2.79. The van der Waals surface area contributed by atoms with Crippen molar-refractivity contribution in [3.63, 3.8) is 0 Å². The molecule has 0 saturated heterocycles. The molecule has 3 aromatic rings. The predicted octanol–water partition coefficient (Wildman–Crippen LogP) is 2.96. The number of carbonyl (C=O) groups excluding carboxylic acids is 1. The Kier molecular flexibility index (Phi) is 6.19. The number of hydrogen-bond donors (Lipinski definition) is 1. The number of aromatic nitrogens is 3. The molecular formula is C21H18N4O4S2. The van der Waals surface area contributed by atoms with E-state index in [-0.39, 0.29) is 22.9 Å². The number of allylic oxidation sites excluding steroid dienone is 4. The Morgan fingerprint density at radius 2 is 2.03 bits per heavy atom. The van der Waals surface area contributed by atoms with E-state index in [0.29, 0.717) is 22.9 Å². The molecule has 1 aromatic carbocycles. The third-order valence-electron chi connectivity index (χ3n) is 4.29. The Balaban J connectivity index is 1.53. The summed E-state index contributed by atoms with van der Waals surface area (Å²) < 4.78 is 12.9. The molecule has 4 rings (SSSR count). The number of carbonyl (C=O) groups is 1. The van der Waals surface area contributed by atoms with Gasteiger partial charge in [-0.1, -0.05) is 47.4 Å². The van der Waals surface area contributed by atoms with Crippen molar-refractivity contribution < 1.29 is 14.3 Å². The average Bonchev–Trinajstić information content (AvgIpc) is 3.19. The molecule has 8 nitrogen and oxygen atoms in total. The first-order chi connectivity index (χ1) is 15.0. The monoisotopic (exact) mass is 454 g/mol. The molecule has 0 amide bonds. The van der Waals surface area contributed by atoms with Gasteiger partial charge in [-0.25, -0.2) is 0 Å². The zero-order valence-corrected chi connectivity index (χ0v) is 18.1. The maximum atomic E-state index is 12.5. The molecule has 0 spiro atoms. The Morgan fingerprint density at radius 1 is 1.23 bits per heavy atom. The van der Waals surface area contributed by atoms with Gasteiger partial charge in [0.25, 0.3) is 5.56 Å². The van der Waals surface area contributed by atoms with E-state index in [1.54, 1.807) is 18.2 Å². The van der Waals surface area contributed by atoms with Gasteiger partial charge in [-0.15, -0.1) is 5.10 Å². The van der Waals surface area contributed by atoms with Crippen molar-refractivity contribution in [3.8, 4) is 5.75 Å². The standard InChI is InChI=1S/C21H18N4O4S2/c1-28-17-12-13(7-8-16(17)26)11-15-18(22)25-20(23-19(15)27)31-21(24-25)30-10-9-29-14-5-3-2-4-6-14/h2-8,11-12H,9-10,22H2,1H3/b13-11+. The number of thioether (sulfide) groups is 1. The Hall–Kier alpha value is -3.37. The number of benzene rings is 1. The molecule has 2 aromatic heterocycles. The van der Waals surface area contributed by atoms with Crippen LogP contribution in [0, 0.1) is 0 Å². The first-order valence-corrected chi connectivity index (χ1v) is 11.0. The number of hydrogen-bond acceptors (Lipinski definition) is 9. The van der Waals surface area contributed by atoms with Crippen LogP contribution in [0.5, 0.6) is 5.75 Å². The highest BCUT2D eigenvalue weighted by atomic mass is 32.2. The van der Waals surface area contributed by atoms with Gasteiger partial charge in [0, 0.05) is 5.75 Å². The molecule has 0 bridgehead atoms. The van der Waals surface area contributed by atoms with Crippen molar-refractivity contribution >= 4 is 45.7 Å². The SMILES string of the molecule is COC1=C/C(=C/c2c(N)n3nc(SCCOc4ccccc4)sc3nc2=O)C=CC1=O. The quantitative estimate of drug-likeness (QED) is 0.429. The summed E-state index contributed by atoms with van der Waals surface area (Å²) in [5.41, 5.74) is 6.56. The lowest BCUT2D eigenvalue weighted by Gasteiger charge is -2.08. The number of nitrogens with zero attached hydrogens (tertiary/aromatic N) is 3. The van der Waals surface area contributed by atoms with Crippen LogP contribution in [-0.2, 0) is 9.53 Å². The Labute approximate surface area is 185 Å². The lowest BCUT2D eigenvalue weighted by Crippen LogP contribution is -2.17. The molecule has 1 aliphatic rings. The third kappa shape index (κ3) is 4.70. The number of anilines is 1. The van der Waals surface area contributed by atoms with Crippen molar-refractivity contribution in [1.82, 2.24) is 14.6 Å². The number of ketones is 1. The minimum atomic E-state index is -0.463. The van der Waals surface area contributed by atoms with Crippen LogP contribution in [0.25, 0.3) is 11.0 Å². The predicted molar refractivity (Wildman–Crippen MR) is 121 cm³/mol. The van der Waals surface area contributed by atoms with Gasteiger partial charge in [-0.2, -0.15) is 9.50 Å². The van der Waals surface area contributed by atoms with Crippen LogP contribution in [0.3, 0.4) is 0 Å². The number of ether oxygens (including phenoxy) is 2. The molecule has 0 radical (unpaired) electrons. The normalized spacial score (nSPS) is 14.8. The average molecular weight is 455 g/mol. The van der Waals surface area contributed by atoms with E-state index in [4.69, 9.17) is 15.2 Å². The summed E-state index contributed by atoms with van der Waals surface area (Å²) in [4.78, 5) is 28.7. The molecule has 31 heavy (non-hydrogen) atoms. The second kappa shape index (κ2) is 9.19. The number of rotatable bonds is 7. The van der Waals surface area contributed by atoms with E-state index < -0.39 is 5.56 Å². The molecule has 158 valence electrons. The largest absolute Gasteiger partial charge is 0.493 e. The summed E-state index contributed by atoms with van der Waals surface area (Å²) in [6, 6.07) is 9.57. The lowest BCUT2D eigenvalue weighted by molar-refractivity contribution is -0.114. The fraction of sp³-hybridized carbons (Fsp3) is 0.143. The summed E-state index contributed by atoms with van der Waals surface area (Å²) in [7, 11) is 1.41. The molecule has 0 unspecified atom stereocenters. The number of nitrogens with two attached hydrogens (primary N) is 1. The van der Waals surface area contributed by atoms with E-state index in [0.717, 1.165) is 10.1 Å². The molecule has 0 fully saturated rings. The smallest absolute Gasteiger partial charge is 0.283 e. The fourth-order valence-corrected chi connectivity index (χ4v) is 4.63. The van der Waals surface area contributed by atoms with Crippen LogP contribution in [0.4, 0.5) is 5.82 Å². The molecule has 1 aliphatic carbocycles. The second-order valence-corrected chi connectivity index (χ2v) is 8.64. The zero-order valence-electron chi connectivity index (χ0n) is 16.5. The van der Waals surface area contributed by atoms with Crippen LogP contribution in [0.1, 0.15) is 5.56 Å². The van der Waals surface area contributed by atoms with Crippen molar-refractivity contribution in [2.24, 2.45) is 0 Å². The summed E-state index contributed by atoms with van der Waals surface area (Å²) in [6.07, 6.45) is 6.08. The van der Waals surface area contributed by atoms with E-state index in [1.807, 2.05) is 30.3 Å². The van der Waals surface area contributed by atoms with E-state index in [2.05, 4.69) is 10.1 Å². The maximum Gasteiger partial charge on any atom is 0.283 e. The van der Waals surface area contributed by atoms with Crippen molar-refractivity contribution in [2.75, 3.05) is 25.2 Å². The van der Waals surface area contributed by atoms with Crippen molar-refractivity contribution in [1.29, 1.82) is 0 Å². The number of fused-ring (bicyclic) bond motifs is 1. The first-order valence-electron chi connectivity index (χ1n) is 9.25. The topological polar surface area (TPSA) is 109 Å². The zero-order chi connectivity index (χ0) is 21.8. The highest BCUT2D eigenvalue weighted by Gasteiger charge is 2.16. The van der Waals surface area contributed by atoms with Gasteiger partial charge in [0.05, 0.1) is 19.3 Å². The Morgan fingerprint density at radius 3 is 2.81 bits per heavy atom. The van der Waals surface area contributed by atoms with E-state index in [1.165, 1.54) is 40.8 Å². The van der Waals surface area contributed by atoms with Gasteiger partial charge in [-0.3, -0.25) is 9.59 Å². The van der Waals surface area contributed by atoms with E-state index >= 15 is 0 Å². The van der Waals surface area contributed by atoms with Crippen LogP contribution in [0.15, 0.2) is 69.0 Å². The molecule has 10 heteroatoms. The highest BCUT2D eigenvalue weighted by molar-refractivity contribution is 8.01. The summed E-state index contributed by atoms with van der Waals surface area (Å²) in [5.74, 6) is 1.62. The van der Waals surface area contributed by atoms with Gasteiger partial charge in [0.15, 0.2) is 10.1 Å². The summed E-state index contributed by atoms with van der Waals surface area (Å²) in [5, 5.41) is 4.47. The molecule has 2 N–H and O–H groups in total. The molecule has 2 heterocycles.